The number of fused-ring (bicyclic) bond motifs is 1. The van der Waals surface area contributed by atoms with Crippen LogP contribution in [0.2, 0.25) is 0 Å². The Morgan fingerprint density at radius 1 is 1.15 bits per heavy atom. The van der Waals surface area contributed by atoms with E-state index in [0.29, 0.717) is 6.54 Å². The Morgan fingerprint density at radius 3 is 2.70 bits per heavy atom. The van der Waals surface area contributed by atoms with Gasteiger partial charge in [0.15, 0.2) is 0 Å². The quantitative estimate of drug-likeness (QED) is 0.529. The van der Waals surface area contributed by atoms with E-state index < -0.39 is 0 Å². The first-order valence-electron chi connectivity index (χ1n) is 6.12. The molecule has 0 amide bonds. The zero-order valence-corrected chi connectivity index (χ0v) is 12.1. The minimum absolute atomic E-state index is 0.115. The van der Waals surface area contributed by atoms with Gasteiger partial charge in [-0.2, -0.15) is 0 Å². The molecular formula is C15H11BrN2O2. The van der Waals surface area contributed by atoms with E-state index in [9.17, 15) is 10.1 Å². The molecule has 4 nitrogen and oxygen atoms in total. The highest BCUT2D eigenvalue weighted by atomic mass is 79.9. The first kappa shape index (κ1) is 12.9. The number of hydrogen-bond acceptors (Lipinski definition) is 2. The molecule has 0 unspecified atom stereocenters. The van der Waals surface area contributed by atoms with Crippen LogP contribution in [0.3, 0.4) is 0 Å². The molecule has 0 atom stereocenters. The lowest BCUT2D eigenvalue weighted by atomic mass is 10.2. The minimum atomic E-state index is -0.366. The highest BCUT2D eigenvalue weighted by Gasteiger charge is 2.10. The molecule has 1 aromatic heterocycles. The molecule has 0 saturated carbocycles. The summed E-state index contributed by atoms with van der Waals surface area (Å²) >= 11 is 3.52. The lowest BCUT2D eigenvalue weighted by molar-refractivity contribution is -0.384. The van der Waals surface area contributed by atoms with Crippen molar-refractivity contribution >= 4 is 32.5 Å². The summed E-state index contributed by atoms with van der Waals surface area (Å²) in [6, 6.07) is 14.9. The number of aromatic nitrogens is 1. The van der Waals surface area contributed by atoms with Gasteiger partial charge in [-0.05, 0) is 23.8 Å². The van der Waals surface area contributed by atoms with E-state index in [2.05, 4.69) is 15.9 Å². The molecule has 0 spiro atoms. The molecule has 0 bridgehead atoms. The lowest BCUT2D eigenvalue weighted by Crippen LogP contribution is -1.99. The van der Waals surface area contributed by atoms with E-state index in [-0.39, 0.29) is 10.6 Å². The summed E-state index contributed by atoms with van der Waals surface area (Å²) in [7, 11) is 0. The normalized spacial score (nSPS) is 10.8. The molecule has 0 fully saturated rings. The van der Waals surface area contributed by atoms with E-state index >= 15 is 0 Å². The lowest BCUT2D eigenvalue weighted by Gasteiger charge is -2.07. The predicted octanol–water partition coefficient (Wildman–Crippen LogP) is 4.36. The Labute approximate surface area is 123 Å². The summed E-state index contributed by atoms with van der Waals surface area (Å²) in [4.78, 5) is 10.5. The largest absolute Gasteiger partial charge is 0.343 e. The molecule has 0 aliphatic rings. The van der Waals surface area contributed by atoms with Gasteiger partial charge in [0.2, 0.25) is 0 Å². The first-order valence-corrected chi connectivity index (χ1v) is 6.91. The highest BCUT2D eigenvalue weighted by molar-refractivity contribution is 9.10. The highest BCUT2D eigenvalue weighted by Crippen LogP contribution is 2.24. The monoisotopic (exact) mass is 330 g/mol. The minimum Gasteiger partial charge on any atom is -0.343 e. The van der Waals surface area contributed by atoms with Gasteiger partial charge in [0.25, 0.3) is 5.69 Å². The summed E-state index contributed by atoms with van der Waals surface area (Å²) in [6.07, 6.45) is 1.95. The zero-order valence-electron chi connectivity index (χ0n) is 10.5. The van der Waals surface area contributed by atoms with Crippen LogP contribution < -0.4 is 0 Å². The smallest absolute Gasteiger partial charge is 0.271 e. The number of rotatable bonds is 3. The van der Waals surface area contributed by atoms with Gasteiger partial charge in [-0.15, -0.1) is 0 Å². The third-order valence-electron chi connectivity index (χ3n) is 3.27. The number of nitro benzene ring substituents is 1. The molecule has 0 aliphatic heterocycles. The molecule has 0 saturated heterocycles. The average molecular weight is 331 g/mol. The van der Waals surface area contributed by atoms with Gasteiger partial charge in [0, 0.05) is 34.7 Å². The molecule has 0 radical (unpaired) electrons. The van der Waals surface area contributed by atoms with Crippen LogP contribution in [-0.4, -0.2) is 9.49 Å². The van der Waals surface area contributed by atoms with Crippen LogP contribution in [-0.2, 0) is 6.54 Å². The number of hydrogen-bond donors (Lipinski definition) is 0. The fraction of sp³-hybridized carbons (Fsp3) is 0.0667. The molecule has 0 aliphatic carbocycles. The summed E-state index contributed by atoms with van der Waals surface area (Å²) in [5.74, 6) is 0. The van der Waals surface area contributed by atoms with E-state index in [1.807, 2.05) is 41.1 Å². The molecule has 100 valence electrons. The van der Waals surface area contributed by atoms with Gasteiger partial charge >= 0.3 is 0 Å². The van der Waals surface area contributed by atoms with Gasteiger partial charge in [0.05, 0.1) is 10.4 Å². The number of nitrogens with zero attached hydrogens (tertiary/aromatic N) is 2. The Hall–Kier alpha value is -2.14. The number of nitro groups is 1. The van der Waals surface area contributed by atoms with Crippen LogP contribution in [0.15, 0.2) is 59.2 Å². The third kappa shape index (κ3) is 2.32. The van der Waals surface area contributed by atoms with Crippen molar-refractivity contribution in [2.45, 2.75) is 6.54 Å². The van der Waals surface area contributed by atoms with Gasteiger partial charge in [0.1, 0.15) is 0 Å². The zero-order chi connectivity index (χ0) is 14.1. The van der Waals surface area contributed by atoms with Crippen LogP contribution in [0.5, 0.6) is 0 Å². The molecule has 3 rings (SSSR count). The number of halogens is 1. The maximum absolute atomic E-state index is 10.9. The maximum Gasteiger partial charge on any atom is 0.271 e. The molecule has 5 heteroatoms. The van der Waals surface area contributed by atoms with E-state index in [1.54, 1.807) is 12.1 Å². The van der Waals surface area contributed by atoms with Crippen molar-refractivity contribution in [3.63, 3.8) is 0 Å². The number of non-ortho nitro benzene ring substituents is 1. The maximum atomic E-state index is 10.9. The number of benzene rings is 2. The average Bonchev–Trinajstić information content (AvgIpc) is 2.84. The summed E-state index contributed by atoms with van der Waals surface area (Å²) < 4.78 is 3.05. The second kappa shape index (κ2) is 5.09. The molecular weight excluding hydrogens is 320 g/mol. The van der Waals surface area contributed by atoms with E-state index in [4.69, 9.17) is 0 Å². The van der Waals surface area contributed by atoms with Crippen molar-refractivity contribution in [2.24, 2.45) is 0 Å². The van der Waals surface area contributed by atoms with E-state index in [1.165, 1.54) is 6.07 Å². The second-order valence-corrected chi connectivity index (χ2v) is 5.39. The second-order valence-electron chi connectivity index (χ2n) is 4.54. The van der Waals surface area contributed by atoms with Crippen LogP contribution >= 0.6 is 15.9 Å². The van der Waals surface area contributed by atoms with Crippen molar-refractivity contribution < 1.29 is 4.92 Å². The van der Waals surface area contributed by atoms with Gasteiger partial charge in [-0.25, -0.2) is 0 Å². The third-order valence-corrected chi connectivity index (χ3v) is 4.04. The van der Waals surface area contributed by atoms with Crippen molar-refractivity contribution in [3.8, 4) is 0 Å². The van der Waals surface area contributed by atoms with Crippen molar-refractivity contribution in [3.05, 3.63) is 74.9 Å². The van der Waals surface area contributed by atoms with Gasteiger partial charge in [-0.3, -0.25) is 10.1 Å². The van der Waals surface area contributed by atoms with Crippen LogP contribution in [0, 0.1) is 10.1 Å². The Kier molecular flexibility index (Phi) is 3.28. The van der Waals surface area contributed by atoms with Crippen LogP contribution in [0.1, 0.15) is 5.56 Å². The molecule has 0 N–H and O–H groups in total. The summed E-state index contributed by atoms with van der Waals surface area (Å²) in [6.45, 7) is 0.673. The SMILES string of the molecule is O=[N+]([O-])c1ccc2ccn(Cc3ccccc3Br)c2c1. The standard InChI is InChI=1S/C15H11BrN2O2/c16-14-4-2-1-3-12(14)10-17-8-7-11-5-6-13(18(19)20)9-15(11)17/h1-9H,10H2. The van der Waals surface area contributed by atoms with Crippen molar-refractivity contribution in [2.75, 3.05) is 0 Å². The van der Waals surface area contributed by atoms with Crippen LogP contribution in [0.25, 0.3) is 10.9 Å². The fourth-order valence-corrected chi connectivity index (χ4v) is 2.64. The Balaban J connectivity index is 2.06. The van der Waals surface area contributed by atoms with Crippen molar-refractivity contribution in [1.82, 2.24) is 4.57 Å². The topological polar surface area (TPSA) is 48.1 Å². The summed E-state index contributed by atoms with van der Waals surface area (Å²) in [5.41, 5.74) is 2.12. The fourth-order valence-electron chi connectivity index (χ4n) is 2.23. The molecule has 20 heavy (non-hydrogen) atoms. The Bertz CT molecular complexity index is 795. The molecule has 1 heterocycles. The Morgan fingerprint density at radius 2 is 1.95 bits per heavy atom. The van der Waals surface area contributed by atoms with Crippen LogP contribution in [0.4, 0.5) is 5.69 Å². The van der Waals surface area contributed by atoms with Gasteiger partial charge < -0.3 is 4.57 Å². The predicted molar refractivity (Wildman–Crippen MR) is 81.8 cm³/mol. The first-order chi connectivity index (χ1) is 9.65. The molecule has 2 aromatic carbocycles. The van der Waals surface area contributed by atoms with Crippen molar-refractivity contribution in [1.29, 1.82) is 0 Å². The van der Waals surface area contributed by atoms with Gasteiger partial charge in [-0.1, -0.05) is 34.1 Å². The molecule has 3 aromatic rings. The van der Waals surface area contributed by atoms with E-state index in [0.717, 1.165) is 20.9 Å². The summed E-state index contributed by atoms with van der Waals surface area (Å²) in [5, 5.41) is 11.9.